The zero-order valence-electron chi connectivity index (χ0n) is 11.5. The Balaban J connectivity index is 1.89. The maximum Gasteiger partial charge on any atom is 0.0488 e. The maximum atomic E-state index is 4.12. The highest BCUT2D eigenvalue weighted by molar-refractivity contribution is 5.86. The molecule has 0 spiro atoms. The van der Waals surface area contributed by atoms with E-state index in [4.69, 9.17) is 0 Å². The molecule has 0 amide bonds. The molecule has 2 heterocycles. The summed E-state index contributed by atoms with van der Waals surface area (Å²) in [5.74, 6) is 0. The Morgan fingerprint density at radius 2 is 1.75 bits per heavy atom. The van der Waals surface area contributed by atoms with Crippen molar-refractivity contribution in [3.8, 4) is 0 Å². The number of benzene rings is 1. The van der Waals surface area contributed by atoms with E-state index in [0.29, 0.717) is 0 Å². The first kappa shape index (κ1) is 11.7. The molecule has 2 nitrogen and oxygen atoms in total. The number of rotatable bonds is 2. The van der Waals surface area contributed by atoms with Crippen molar-refractivity contribution in [3.05, 3.63) is 65.6 Å². The fourth-order valence-electron chi connectivity index (χ4n) is 3.44. The van der Waals surface area contributed by atoms with Gasteiger partial charge in [0.15, 0.2) is 0 Å². The third-order valence-electron chi connectivity index (χ3n) is 4.37. The molecule has 1 aliphatic carbocycles. The van der Waals surface area contributed by atoms with Crippen LogP contribution < -0.4 is 0 Å². The first-order valence-electron chi connectivity index (χ1n) is 7.41. The lowest BCUT2D eigenvalue weighted by molar-refractivity contribution is 0.638. The largest absolute Gasteiger partial charge is 0.340 e. The van der Waals surface area contributed by atoms with Crippen LogP contribution in [0.3, 0.4) is 0 Å². The van der Waals surface area contributed by atoms with Gasteiger partial charge < -0.3 is 4.57 Å². The Bertz CT molecular complexity index is 741. The molecule has 1 aliphatic rings. The van der Waals surface area contributed by atoms with Crippen LogP contribution in [0.1, 0.15) is 29.7 Å². The third kappa shape index (κ3) is 1.83. The minimum atomic E-state index is 0.957. The molecular weight excluding hydrogens is 244 g/mol. The Morgan fingerprint density at radius 1 is 0.950 bits per heavy atom. The summed E-state index contributed by atoms with van der Waals surface area (Å²) in [6.45, 7) is 0.957. The minimum absolute atomic E-state index is 0.957. The van der Waals surface area contributed by atoms with E-state index in [0.717, 1.165) is 6.54 Å². The summed E-state index contributed by atoms with van der Waals surface area (Å²) in [6, 6.07) is 13.1. The van der Waals surface area contributed by atoms with Crippen LogP contribution >= 0.6 is 0 Å². The average Bonchev–Trinajstić information content (AvgIpc) is 2.84. The molecule has 100 valence electrons. The van der Waals surface area contributed by atoms with Crippen molar-refractivity contribution in [2.24, 2.45) is 0 Å². The van der Waals surface area contributed by atoms with E-state index in [2.05, 4.69) is 45.9 Å². The van der Waals surface area contributed by atoms with Crippen LogP contribution in [0.4, 0.5) is 0 Å². The van der Waals surface area contributed by atoms with Gasteiger partial charge in [0.2, 0.25) is 0 Å². The van der Waals surface area contributed by atoms with Crippen LogP contribution in [0.25, 0.3) is 10.9 Å². The third-order valence-corrected chi connectivity index (χ3v) is 4.37. The normalized spacial score (nSPS) is 14.4. The second kappa shape index (κ2) is 4.78. The van der Waals surface area contributed by atoms with Gasteiger partial charge in [0.1, 0.15) is 0 Å². The van der Waals surface area contributed by atoms with Crippen molar-refractivity contribution >= 4 is 10.9 Å². The molecule has 0 N–H and O–H groups in total. The second-order valence-corrected chi connectivity index (χ2v) is 5.59. The number of fused-ring (bicyclic) bond motifs is 3. The number of hydrogen-bond donors (Lipinski definition) is 0. The molecule has 0 unspecified atom stereocenters. The highest BCUT2D eigenvalue weighted by Gasteiger charge is 2.19. The van der Waals surface area contributed by atoms with Gasteiger partial charge in [-0.3, -0.25) is 4.98 Å². The first-order valence-corrected chi connectivity index (χ1v) is 7.41. The van der Waals surface area contributed by atoms with E-state index in [1.807, 2.05) is 12.4 Å². The molecule has 0 saturated carbocycles. The second-order valence-electron chi connectivity index (χ2n) is 5.59. The van der Waals surface area contributed by atoms with Crippen LogP contribution in [0.5, 0.6) is 0 Å². The first-order chi connectivity index (χ1) is 9.93. The van der Waals surface area contributed by atoms with Gasteiger partial charge >= 0.3 is 0 Å². The van der Waals surface area contributed by atoms with Crippen molar-refractivity contribution in [3.63, 3.8) is 0 Å². The van der Waals surface area contributed by atoms with E-state index in [9.17, 15) is 0 Å². The van der Waals surface area contributed by atoms with E-state index in [1.165, 1.54) is 42.1 Å². The molecule has 4 rings (SSSR count). The summed E-state index contributed by atoms with van der Waals surface area (Å²) < 4.78 is 2.51. The summed E-state index contributed by atoms with van der Waals surface area (Å²) >= 11 is 0. The van der Waals surface area contributed by atoms with Gasteiger partial charge in [0.25, 0.3) is 0 Å². The maximum absolute atomic E-state index is 4.12. The summed E-state index contributed by atoms with van der Waals surface area (Å²) in [6.07, 6.45) is 8.87. The van der Waals surface area contributed by atoms with E-state index in [1.54, 1.807) is 11.3 Å². The quantitative estimate of drug-likeness (QED) is 0.683. The smallest absolute Gasteiger partial charge is 0.0488 e. The van der Waals surface area contributed by atoms with Crippen LogP contribution in [0, 0.1) is 0 Å². The van der Waals surface area contributed by atoms with Gasteiger partial charge in [0.05, 0.1) is 0 Å². The Hall–Kier alpha value is -2.09. The summed E-state index contributed by atoms with van der Waals surface area (Å²) in [7, 11) is 0. The number of hydrogen-bond acceptors (Lipinski definition) is 1. The molecule has 0 radical (unpaired) electrons. The monoisotopic (exact) mass is 262 g/mol. The molecule has 20 heavy (non-hydrogen) atoms. The lowest BCUT2D eigenvalue weighted by Gasteiger charge is -2.16. The standard InChI is InChI=1S/C18H18N2/c1-3-7-17-15(5-1)16-6-2-4-8-18(16)20(17)13-14-9-11-19-12-10-14/h1,3,5,7,9-12H,2,4,6,8,13H2. The molecule has 0 fully saturated rings. The lowest BCUT2D eigenvalue weighted by Crippen LogP contribution is -2.09. The van der Waals surface area contributed by atoms with Crippen LogP contribution in [0.15, 0.2) is 48.8 Å². The van der Waals surface area contributed by atoms with Crippen molar-refractivity contribution in [2.75, 3.05) is 0 Å². The Kier molecular flexibility index (Phi) is 2.80. The van der Waals surface area contributed by atoms with Crippen molar-refractivity contribution < 1.29 is 0 Å². The lowest BCUT2D eigenvalue weighted by atomic mass is 9.95. The molecular formula is C18H18N2. The van der Waals surface area contributed by atoms with Gasteiger partial charge in [-0.2, -0.15) is 0 Å². The number of aryl methyl sites for hydroxylation is 1. The molecule has 0 aliphatic heterocycles. The van der Waals surface area contributed by atoms with Crippen molar-refractivity contribution in [1.29, 1.82) is 0 Å². The van der Waals surface area contributed by atoms with Gasteiger partial charge in [-0.25, -0.2) is 0 Å². The van der Waals surface area contributed by atoms with Crippen LogP contribution in [-0.2, 0) is 19.4 Å². The topological polar surface area (TPSA) is 17.8 Å². The summed E-state index contributed by atoms with van der Waals surface area (Å²) in [5, 5.41) is 1.45. The van der Waals surface area contributed by atoms with Crippen LogP contribution in [0.2, 0.25) is 0 Å². The average molecular weight is 262 g/mol. The molecule has 1 aromatic carbocycles. The van der Waals surface area contributed by atoms with E-state index in [-0.39, 0.29) is 0 Å². The Labute approximate surface area is 119 Å². The van der Waals surface area contributed by atoms with E-state index < -0.39 is 0 Å². The molecule has 3 aromatic rings. The number of para-hydroxylation sites is 1. The Morgan fingerprint density at radius 3 is 2.65 bits per heavy atom. The fraction of sp³-hybridized carbons (Fsp3) is 0.278. The van der Waals surface area contributed by atoms with Gasteiger partial charge in [-0.15, -0.1) is 0 Å². The number of pyridine rings is 1. The van der Waals surface area contributed by atoms with Crippen molar-refractivity contribution in [1.82, 2.24) is 9.55 Å². The molecule has 2 aromatic heterocycles. The predicted molar refractivity (Wildman–Crippen MR) is 81.9 cm³/mol. The molecule has 2 heteroatoms. The number of nitrogens with zero attached hydrogens (tertiary/aromatic N) is 2. The van der Waals surface area contributed by atoms with Crippen LogP contribution in [-0.4, -0.2) is 9.55 Å². The molecule has 0 atom stereocenters. The zero-order chi connectivity index (χ0) is 13.4. The number of aromatic nitrogens is 2. The molecule has 0 bridgehead atoms. The summed E-state index contributed by atoms with van der Waals surface area (Å²) in [4.78, 5) is 4.12. The van der Waals surface area contributed by atoms with E-state index >= 15 is 0 Å². The predicted octanol–water partition coefficient (Wildman–Crippen LogP) is 3.96. The highest BCUT2D eigenvalue weighted by atomic mass is 15.0. The summed E-state index contributed by atoms with van der Waals surface area (Å²) in [5.41, 5.74) is 5.85. The molecule has 0 saturated heterocycles. The van der Waals surface area contributed by atoms with Gasteiger partial charge in [0, 0.05) is 35.5 Å². The fourth-order valence-corrected chi connectivity index (χ4v) is 3.44. The van der Waals surface area contributed by atoms with Gasteiger partial charge in [-0.05, 0) is 55.0 Å². The highest BCUT2D eigenvalue weighted by Crippen LogP contribution is 2.32. The minimum Gasteiger partial charge on any atom is -0.340 e. The zero-order valence-corrected chi connectivity index (χ0v) is 11.5. The SMILES string of the molecule is c1ccc2c(c1)c1c(n2Cc2ccncc2)CCCC1. The van der Waals surface area contributed by atoms with Crippen molar-refractivity contribution in [2.45, 2.75) is 32.2 Å². The van der Waals surface area contributed by atoms with Gasteiger partial charge in [-0.1, -0.05) is 18.2 Å².